The molecule has 0 bridgehead atoms. The molecule has 0 rings (SSSR count). The highest BCUT2D eigenvalue weighted by molar-refractivity contribution is 4.74. The maximum atomic E-state index is 9.31. The van der Waals surface area contributed by atoms with Crippen LogP contribution in [-0.2, 0) is 0 Å². The molecule has 3 N–H and O–H groups in total. The molecule has 0 aliphatic rings. The summed E-state index contributed by atoms with van der Waals surface area (Å²) in [4.78, 5) is 0. The van der Waals surface area contributed by atoms with E-state index in [0.29, 0.717) is 6.42 Å². The van der Waals surface area contributed by atoms with Gasteiger partial charge in [0, 0.05) is 6.42 Å². The van der Waals surface area contributed by atoms with Crippen molar-refractivity contribution in [2.24, 2.45) is 0 Å². The van der Waals surface area contributed by atoms with Crippen molar-refractivity contribution in [2.75, 3.05) is 6.61 Å². The van der Waals surface area contributed by atoms with Crippen LogP contribution < -0.4 is 0 Å². The topological polar surface area (TPSA) is 60.7 Å². The van der Waals surface area contributed by atoms with Crippen LogP contribution in [0.1, 0.15) is 33.1 Å². The zero-order valence-corrected chi connectivity index (χ0v) is 7.25. The highest BCUT2D eigenvalue weighted by atomic mass is 16.3. The van der Waals surface area contributed by atoms with E-state index in [0.717, 1.165) is 6.42 Å². The zero-order chi connectivity index (χ0) is 8.91. The van der Waals surface area contributed by atoms with Gasteiger partial charge in [-0.3, -0.25) is 0 Å². The Morgan fingerprint density at radius 1 is 1.45 bits per heavy atom. The molecule has 0 saturated carbocycles. The number of hydrogen-bond donors (Lipinski definition) is 3. The molecule has 11 heavy (non-hydrogen) atoms. The summed E-state index contributed by atoms with van der Waals surface area (Å²) in [5, 5.41) is 27.2. The first-order valence-corrected chi connectivity index (χ1v) is 4.03. The largest absolute Gasteiger partial charge is 0.393 e. The van der Waals surface area contributed by atoms with Crippen molar-refractivity contribution in [1.29, 1.82) is 0 Å². The predicted octanol–water partition coefficient (Wildman–Crippen LogP) is 0.281. The van der Waals surface area contributed by atoms with Gasteiger partial charge in [0.1, 0.15) is 0 Å². The second-order valence-corrected chi connectivity index (χ2v) is 3.30. The first-order valence-electron chi connectivity index (χ1n) is 4.03. The Hall–Kier alpha value is -0.120. The van der Waals surface area contributed by atoms with Crippen molar-refractivity contribution in [1.82, 2.24) is 0 Å². The van der Waals surface area contributed by atoms with E-state index in [-0.39, 0.29) is 13.0 Å². The van der Waals surface area contributed by atoms with Gasteiger partial charge in [0.15, 0.2) is 0 Å². The van der Waals surface area contributed by atoms with Crippen molar-refractivity contribution in [2.45, 2.75) is 44.8 Å². The number of hydrogen-bond acceptors (Lipinski definition) is 3. The van der Waals surface area contributed by atoms with E-state index in [4.69, 9.17) is 5.11 Å². The van der Waals surface area contributed by atoms with Crippen molar-refractivity contribution in [3.05, 3.63) is 0 Å². The number of rotatable bonds is 5. The van der Waals surface area contributed by atoms with E-state index in [1.807, 2.05) is 6.92 Å². The van der Waals surface area contributed by atoms with Crippen molar-refractivity contribution < 1.29 is 15.3 Å². The molecule has 0 fully saturated rings. The van der Waals surface area contributed by atoms with Crippen LogP contribution in [0.25, 0.3) is 0 Å². The minimum atomic E-state index is -1.13. The Kier molecular flexibility index (Phi) is 4.65. The second-order valence-electron chi connectivity index (χ2n) is 3.30. The SMILES string of the molecule is CCCC(O)CC(C)(O)CO. The number of aliphatic hydroxyl groups excluding tert-OH is 2. The summed E-state index contributed by atoms with van der Waals surface area (Å²) in [6.45, 7) is 3.19. The third-order valence-corrected chi connectivity index (χ3v) is 1.64. The quantitative estimate of drug-likeness (QED) is 0.544. The molecule has 0 aromatic heterocycles. The van der Waals surface area contributed by atoms with Crippen molar-refractivity contribution >= 4 is 0 Å². The van der Waals surface area contributed by atoms with Crippen LogP contribution >= 0.6 is 0 Å². The van der Waals surface area contributed by atoms with E-state index in [2.05, 4.69) is 0 Å². The van der Waals surface area contributed by atoms with Gasteiger partial charge in [-0.05, 0) is 13.3 Å². The highest BCUT2D eigenvalue weighted by Crippen LogP contribution is 2.13. The van der Waals surface area contributed by atoms with Gasteiger partial charge in [0.25, 0.3) is 0 Å². The van der Waals surface area contributed by atoms with Crippen molar-refractivity contribution in [3.8, 4) is 0 Å². The molecule has 2 unspecified atom stereocenters. The summed E-state index contributed by atoms with van der Waals surface area (Å²) < 4.78 is 0. The van der Waals surface area contributed by atoms with Crippen molar-refractivity contribution in [3.63, 3.8) is 0 Å². The van der Waals surface area contributed by atoms with Gasteiger partial charge < -0.3 is 15.3 Å². The third kappa shape index (κ3) is 5.18. The molecule has 0 aliphatic carbocycles. The molecule has 68 valence electrons. The van der Waals surface area contributed by atoms with Crippen LogP contribution in [0.4, 0.5) is 0 Å². The summed E-state index contributed by atoms with van der Waals surface area (Å²) in [5.41, 5.74) is -1.13. The van der Waals surface area contributed by atoms with Gasteiger partial charge in [-0.2, -0.15) is 0 Å². The molecule has 0 aromatic carbocycles. The molecule has 0 aromatic rings. The molecular weight excluding hydrogens is 144 g/mol. The summed E-state index contributed by atoms with van der Waals surface area (Å²) in [5.74, 6) is 0. The third-order valence-electron chi connectivity index (χ3n) is 1.64. The summed E-state index contributed by atoms with van der Waals surface area (Å²) in [7, 11) is 0. The molecule has 0 saturated heterocycles. The minimum Gasteiger partial charge on any atom is -0.393 e. The molecule has 3 heteroatoms. The van der Waals surface area contributed by atoms with Gasteiger partial charge in [-0.15, -0.1) is 0 Å². The smallest absolute Gasteiger partial charge is 0.0874 e. The minimum absolute atomic E-state index is 0.247. The summed E-state index contributed by atoms with van der Waals surface area (Å²) >= 11 is 0. The standard InChI is InChI=1S/C8H18O3/c1-3-4-7(10)5-8(2,11)6-9/h7,9-11H,3-6H2,1-2H3. The summed E-state index contributed by atoms with van der Waals surface area (Å²) in [6.07, 6.45) is 1.32. The van der Waals surface area contributed by atoms with Gasteiger partial charge in [-0.25, -0.2) is 0 Å². The molecule has 2 atom stereocenters. The lowest BCUT2D eigenvalue weighted by Crippen LogP contribution is -2.33. The fraction of sp³-hybridized carbons (Fsp3) is 1.00. The fourth-order valence-electron chi connectivity index (χ4n) is 1.01. The summed E-state index contributed by atoms with van der Waals surface area (Å²) in [6, 6.07) is 0. The predicted molar refractivity (Wildman–Crippen MR) is 43.2 cm³/mol. The molecule has 3 nitrogen and oxygen atoms in total. The fourth-order valence-corrected chi connectivity index (χ4v) is 1.01. The lowest BCUT2D eigenvalue weighted by molar-refractivity contribution is -0.0375. The normalized spacial score (nSPS) is 19.4. The molecule has 0 radical (unpaired) electrons. The molecule has 0 amide bonds. The Balaban J connectivity index is 3.64. The number of aliphatic hydroxyl groups is 3. The maximum absolute atomic E-state index is 9.31. The van der Waals surface area contributed by atoms with Crippen LogP contribution in [0.2, 0.25) is 0 Å². The first kappa shape index (κ1) is 10.9. The molecular formula is C8H18O3. The molecule has 0 spiro atoms. The second kappa shape index (κ2) is 4.70. The van der Waals surface area contributed by atoms with Crippen LogP contribution in [-0.4, -0.2) is 33.6 Å². The van der Waals surface area contributed by atoms with Gasteiger partial charge in [0.2, 0.25) is 0 Å². The maximum Gasteiger partial charge on any atom is 0.0874 e. The highest BCUT2D eigenvalue weighted by Gasteiger charge is 2.22. The zero-order valence-electron chi connectivity index (χ0n) is 7.25. The average molecular weight is 162 g/mol. The lowest BCUT2D eigenvalue weighted by atomic mass is 9.97. The van der Waals surface area contributed by atoms with Crippen LogP contribution in [0.5, 0.6) is 0 Å². The lowest BCUT2D eigenvalue weighted by Gasteiger charge is -2.23. The van der Waals surface area contributed by atoms with Crippen LogP contribution in [0.3, 0.4) is 0 Å². The first-order chi connectivity index (χ1) is 5.02. The Morgan fingerprint density at radius 3 is 2.36 bits per heavy atom. The van der Waals surface area contributed by atoms with Crippen LogP contribution in [0.15, 0.2) is 0 Å². The van der Waals surface area contributed by atoms with Gasteiger partial charge in [-0.1, -0.05) is 13.3 Å². The van der Waals surface area contributed by atoms with Crippen LogP contribution in [0, 0.1) is 0 Å². The average Bonchev–Trinajstić information content (AvgIpc) is 1.87. The van der Waals surface area contributed by atoms with Gasteiger partial charge >= 0.3 is 0 Å². The van der Waals surface area contributed by atoms with E-state index >= 15 is 0 Å². The Bertz CT molecular complexity index is 102. The van der Waals surface area contributed by atoms with Gasteiger partial charge in [0.05, 0.1) is 18.3 Å². The van der Waals surface area contributed by atoms with E-state index in [9.17, 15) is 10.2 Å². The monoisotopic (exact) mass is 162 g/mol. The van der Waals surface area contributed by atoms with E-state index < -0.39 is 11.7 Å². The van der Waals surface area contributed by atoms with E-state index in [1.165, 1.54) is 6.92 Å². The molecule has 0 aliphatic heterocycles. The molecule has 0 heterocycles. The van der Waals surface area contributed by atoms with E-state index in [1.54, 1.807) is 0 Å². The Labute approximate surface area is 67.7 Å². The Morgan fingerprint density at radius 2 is 2.00 bits per heavy atom.